The lowest BCUT2D eigenvalue weighted by Gasteiger charge is -2.10. The first kappa shape index (κ1) is 13.7. The molecular formula is C12H5ClF5N. The van der Waals surface area contributed by atoms with Crippen LogP contribution in [0.4, 0.5) is 22.0 Å². The highest BCUT2D eigenvalue weighted by molar-refractivity contribution is 6.30. The predicted molar refractivity (Wildman–Crippen MR) is 59.6 cm³/mol. The van der Waals surface area contributed by atoms with E-state index >= 15 is 0 Å². The highest BCUT2D eigenvalue weighted by Gasteiger charge is 2.34. The molecule has 0 fully saturated rings. The molecule has 1 nitrogen and oxygen atoms in total. The molecule has 0 aliphatic heterocycles. The minimum absolute atomic E-state index is 0.101. The van der Waals surface area contributed by atoms with Gasteiger partial charge in [-0.2, -0.15) is 13.2 Å². The van der Waals surface area contributed by atoms with Gasteiger partial charge >= 0.3 is 6.18 Å². The van der Waals surface area contributed by atoms with Crippen LogP contribution >= 0.6 is 11.6 Å². The number of hydrogen-bond donors (Lipinski definition) is 0. The van der Waals surface area contributed by atoms with Gasteiger partial charge in [0, 0.05) is 11.6 Å². The number of aromatic nitrogens is 1. The molecule has 0 aliphatic carbocycles. The fraction of sp³-hybridized carbons (Fsp3) is 0.0833. The summed E-state index contributed by atoms with van der Waals surface area (Å²) in [4.78, 5) is 3.48. The summed E-state index contributed by atoms with van der Waals surface area (Å²) < 4.78 is 63.6. The van der Waals surface area contributed by atoms with E-state index in [2.05, 4.69) is 4.98 Å². The third kappa shape index (κ3) is 2.84. The van der Waals surface area contributed by atoms with Gasteiger partial charge in [0.1, 0.15) is 16.8 Å². The molecule has 0 bridgehead atoms. The van der Waals surface area contributed by atoms with Crippen molar-refractivity contribution in [3.8, 4) is 11.3 Å². The maximum absolute atomic E-state index is 13.5. The normalized spacial score (nSPS) is 11.7. The fourth-order valence-corrected chi connectivity index (χ4v) is 1.75. The molecule has 0 saturated carbocycles. The Morgan fingerprint density at radius 3 is 2.21 bits per heavy atom. The van der Waals surface area contributed by atoms with Crippen molar-refractivity contribution in [1.29, 1.82) is 0 Å². The van der Waals surface area contributed by atoms with Crippen molar-refractivity contribution in [2.75, 3.05) is 0 Å². The predicted octanol–water partition coefficient (Wildman–Crippen LogP) is 4.70. The topological polar surface area (TPSA) is 12.9 Å². The van der Waals surface area contributed by atoms with Crippen LogP contribution in [-0.4, -0.2) is 4.98 Å². The first-order valence-corrected chi connectivity index (χ1v) is 5.36. The molecular weight excluding hydrogens is 289 g/mol. The van der Waals surface area contributed by atoms with Crippen molar-refractivity contribution in [3.05, 3.63) is 52.7 Å². The molecule has 0 N–H and O–H groups in total. The third-order valence-corrected chi connectivity index (χ3v) is 2.65. The van der Waals surface area contributed by atoms with E-state index in [-0.39, 0.29) is 11.3 Å². The van der Waals surface area contributed by atoms with Crippen LogP contribution < -0.4 is 0 Å². The zero-order valence-corrected chi connectivity index (χ0v) is 9.86. The van der Waals surface area contributed by atoms with E-state index in [9.17, 15) is 22.0 Å². The van der Waals surface area contributed by atoms with Crippen LogP contribution in [-0.2, 0) is 6.18 Å². The van der Waals surface area contributed by atoms with E-state index in [0.717, 1.165) is 18.2 Å². The van der Waals surface area contributed by atoms with Crippen LogP contribution in [0, 0.1) is 11.6 Å². The lowest BCUT2D eigenvalue weighted by Crippen LogP contribution is -2.07. The van der Waals surface area contributed by atoms with Crippen molar-refractivity contribution in [3.63, 3.8) is 0 Å². The van der Waals surface area contributed by atoms with Crippen LogP contribution in [0.1, 0.15) is 5.56 Å². The van der Waals surface area contributed by atoms with E-state index in [1.165, 1.54) is 0 Å². The summed E-state index contributed by atoms with van der Waals surface area (Å²) in [7, 11) is 0. The van der Waals surface area contributed by atoms with Crippen LogP contribution in [0.15, 0.2) is 30.3 Å². The second-order valence-corrected chi connectivity index (χ2v) is 4.01. The number of pyridine rings is 1. The molecule has 0 unspecified atom stereocenters. The number of benzene rings is 1. The number of rotatable bonds is 1. The first-order chi connectivity index (χ1) is 8.79. The Balaban J connectivity index is 2.51. The van der Waals surface area contributed by atoms with E-state index in [0.29, 0.717) is 12.1 Å². The zero-order valence-electron chi connectivity index (χ0n) is 9.10. The molecule has 2 aromatic rings. The smallest absolute Gasteiger partial charge is 0.235 e. The van der Waals surface area contributed by atoms with Gasteiger partial charge in [0.25, 0.3) is 0 Å². The van der Waals surface area contributed by atoms with Crippen molar-refractivity contribution < 1.29 is 22.0 Å². The molecule has 0 aliphatic rings. The third-order valence-electron chi connectivity index (χ3n) is 2.36. The minimum atomic E-state index is -4.63. The first-order valence-electron chi connectivity index (χ1n) is 4.98. The van der Waals surface area contributed by atoms with Gasteiger partial charge in [-0.25, -0.2) is 13.8 Å². The number of halogens is 6. The molecule has 0 radical (unpaired) electrons. The quantitative estimate of drug-likeness (QED) is 0.548. The van der Waals surface area contributed by atoms with Crippen LogP contribution in [0.25, 0.3) is 11.3 Å². The van der Waals surface area contributed by atoms with Crippen LogP contribution in [0.5, 0.6) is 0 Å². The average molecular weight is 294 g/mol. The fourth-order valence-electron chi connectivity index (χ4n) is 1.49. The molecule has 7 heteroatoms. The number of nitrogens with zero attached hydrogens (tertiary/aromatic N) is 1. The Morgan fingerprint density at radius 1 is 1.00 bits per heavy atom. The molecule has 0 atom stereocenters. The zero-order chi connectivity index (χ0) is 14.2. The van der Waals surface area contributed by atoms with Gasteiger partial charge in [-0.15, -0.1) is 0 Å². The highest BCUT2D eigenvalue weighted by Crippen LogP contribution is 2.35. The molecule has 19 heavy (non-hydrogen) atoms. The van der Waals surface area contributed by atoms with E-state index in [1.54, 1.807) is 0 Å². The van der Waals surface area contributed by atoms with E-state index in [1.807, 2.05) is 0 Å². The van der Waals surface area contributed by atoms with Gasteiger partial charge in [0.15, 0.2) is 0 Å². The molecule has 1 aromatic heterocycles. The maximum Gasteiger partial charge on any atom is 0.419 e. The summed E-state index contributed by atoms with van der Waals surface area (Å²) in [6.45, 7) is 0. The Kier molecular flexibility index (Phi) is 3.45. The Hall–Kier alpha value is -1.69. The van der Waals surface area contributed by atoms with Gasteiger partial charge in [-0.05, 0) is 24.3 Å². The van der Waals surface area contributed by atoms with Crippen LogP contribution in [0.2, 0.25) is 5.15 Å². The maximum atomic E-state index is 13.5. The number of hydrogen-bond acceptors (Lipinski definition) is 1. The summed E-state index contributed by atoms with van der Waals surface area (Å²) in [5.74, 6) is -1.72. The van der Waals surface area contributed by atoms with Gasteiger partial charge < -0.3 is 0 Å². The average Bonchev–Trinajstić information content (AvgIpc) is 2.26. The largest absolute Gasteiger partial charge is 0.419 e. The second-order valence-electron chi connectivity index (χ2n) is 3.66. The summed E-state index contributed by atoms with van der Waals surface area (Å²) in [6, 6.07) is 4.35. The summed E-state index contributed by atoms with van der Waals surface area (Å²) in [5.41, 5.74) is -1.34. The molecule has 100 valence electrons. The monoisotopic (exact) mass is 293 g/mol. The summed E-state index contributed by atoms with van der Waals surface area (Å²) in [5, 5.41) is -0.784. The van der Waals surface area contributed by atoms with Crippen molar-refractivity contribution >= 4 is 11.6 Å². The summed E-state index contributed by atoms with van der Waals surface area (Å²) in [6.07, 6.45) is -4.63. The van der Waals surface area contributed by atoms with Crippen LogP contribution in [0.3, 0.4) is 0 Å². The van der Waals surface area contributed by atoms with Gasteiger partial charge in [0.2, 0.25) is 0 Å². The van der Waals surface area contributed by atoms with Crippen molar-refractivity contribution in [1.82, 2.24) is 4.98 Å². The Labute approximate surface area is 109 Å². The number of alkyl halides is 3. The molecule has 0 amide bonds. The van der Waals surface area contributed by atoms with Gasteiger partial charge in [-0.1, -0.05) is 11.6 Å². The van der Waals surface area contributed by atoms with E-state index < -0.39 is 28.5 Å². The van der Waals surface area contributed by atoms with Crippen molar-refractivity contribution in [2.45, 2.75) is 6.18 Å². The van der Waals surface area contributed by atoms with Gasteiger partial charge in [0.05, 0.1) is 11.3 Å². The van der Waals surface area contributed by atoms with Gasteiger partial charge in [-0.3, -0.25) is 0 Å². The minimum Gasteiger partial charge on any atom is -0.235 e. The Morgan fingerprint density at radius 2 is 1.68 bits per heavy atom. The van der Waals surface area contributed by atoms with Crippen molar-refractivity contribution in [2.24, 2.45) is 0 Å². The lowest BCUT2D eigenvalue weighted by molar-refractivity contribution is -0.137. The summed E-state index contributed by atoms with van der Waals surface area (Å²) >= 11 is 5.42. The standard InChI is InChI=1S/C12H5ClF5N/c13-11-8(12(16,17)18)3-4-10(19-11)7-2-1-6(14)5-9(7)15/h1-5H. The Bertz CT molecular complexity index is 624. The van der Waals surface area contributed by atoms with E-state index in [4.69, 9.17) is 11.6 Å². The molecule has 0 spiro atoms. The molecule has 1 aromatic carbocycles. The molecule has 0 saturated heterocycles. The second kappa shape index (κ2) is 4.77. The highest BCUT2D eigenvalue weighted by atomic mass is 35.5. The SMILES string of the molecule is Fc1ccc(-c2ccc(C(F)(F)F)c(Cl)n2)c(F)c1. The molecule has 1 heterocycles. The molecule has 2 rings (SSSR count). The lowest BCUT2D eigenvalue weighted by atomic mass is 10.1.